The number of aliphatic hydroxyl groups is 1. The van der Waals surface area contributed by atoms with Gasteiger partial charge >= 0.3 is 11.8 Å². The van der Waals surface area contributed by atoms with E-state index in [1.54, 1.807) is 0 Å². The van der Waals surface area contributed by atoms with Crippen molar-refractivity contribution in [2.24, 2.45) is 0 Å². The zero-order valence-corrected chi connectivity index (χ0v) is 13.5. The Balaban J connectivity index is 2.70. The number of nitrogens with one attached hydrogen (secondary N) is 2. The molecule has 1 rings (SSSR count). The van der Waals surface area contributed by atoms with Crippen LogP contribution in [0.5, 0.6) is 0 Å². The molecule has 0 spiro atoms. The van der Waals surface area contributed by atoms with E-state index in [2.05, 4.69) is 29.4 Å². The highest BCUT2D eigenvalue weighted by molar-refractivity contribution is 6.39. The molecule has 0 aliphatic carbocycles. The van der Waals surface area contributed by atoms with Crippen LogP contribution in [0.4, 0.5) is 11.4 Å². The average molecular weight is 307 g/mol. The lowest BCUT2D eigenvalue weighted by atomic mass is 10.1. The van der Waals surface area contributed by atoms with Gasteiger partial charge < -0.3 is 20.6 Å². The van der Waals surface area contributed by atoms with Crippen molar-refractivity contribution in [3.05, 3.63) is 23.8 Å². The number of nitrogens with zero attached hydrogens (tertiary/aromatic N) is 1. The summed E-state index contributed by atoms with van der Waals surface area (Å²) >= 11 is 0. The lowest BCUT2D eigenvalue weighted by Crippen LogP contribution is -2.36. The van der Waals surface area contributed by atoms with Crippen LogP contribution in [0, 0.1) is 6.92 Å². The molecule has 0 heterocycles. The normalized spacial score (nSPS) is 10.2. The van der Waals surface area contributed by atoms with Gasteiger partial charge in [0.25, 0.3) is 0 Å². The van der Waals surface area contributed by atoms with Gasteiger partial charge in [0.2, 0.25) is 0 Å². The summed E-state index contributed by atoms with van der Waals surface area (Å²) in [7, 11) is 0. The highest BCUT2D eigenvalue weighted by Crippen LogP contribution is 2.22. The van der Waals surface area contributed by atoms with E-state index < -0.39 is 11.8 Å². The highest BCUT2D eigenvalue weighted by Gasteiger charge is 2.14. The summed E-state index contributed by atoms with van der Waals surface area (Å²) in [5.41, 5.74) is 2.62. The van der Waals surface area contributed by atoms with Gasteiger partial charge in [-0.2, -0.15) is 0 Å². The van der Waals surface area contributed by atoms with E-state index in [1.807, 2.05) is 25.1 Å². The first-order valence-corrected chi connectivity index (χ1v) is 7.59. The number of hydrogen-bond acceptors (Lipinski definition) is 4. The third-order valence-corrected chi connectivity index (χ3v) is 3.41. The number of hydrogen-bond donors (Lipinski definition) is 3. The quantitative estimate of drug-likeness (QED) is 0.523. The molecule has 1 aromatic carbocycles. The maximum Gasteiger partial charge on any atom is 0.313 e. The summed E-state index contributed by atoms with van der Waals surface area (Å²) in [6.45, 7) is 8.16. The Kier molecular flexibility index (Phi) is 7.39. The first kappa shape index (κ1) is 18.0. The van der Waals surface area contributed by atoms with E-state index in [1.165, 1.54) is 0 Å². The lowest BCUT2D eigenvalue weighted by Gasteiger charge is -2.22. The Bertz CT molecular complexity index is 513. The fourth-order valence-corrected chi connectivity index (χ4v) is 2.11. The van der Waals surface area contributed by atoms with E-state index in [0.29, 0.717) is 12.1 Å². The van der Waals surface area contributed by atoms with Gasteiger partial charge in [0, 0.05) is 37.6 Å². The summed E-state index contributed by atoms with van der Waals surface area (Å²) in [4.78, 5) is 25.6. The number of carbonyl (C=O) groups is 2. The van der Waals surface area contributed by atoms with Crippen molar-refractivity contribution in [2.75, 3.05) is 36.5 Å². The van der Waals surface area contributed by atoms with Crippen LogP contribution in [0.1, 0.15) is 25.8 Å². The van der Waals surface area contributed by atoms with Crippen LogP contribution in [0.15, 0.2) is 18.2 Å². The Morgan fingerprint density at radius 3 is 2.41 bits per heavy atom. The maximum atomic E-state index is 11.8. The molecule has 122 valence electrons. The number of aryl methyl sites for hydroxylation is 1. The monoisotopic (exact) mass is 307 g/mol. The molecule has 0 saturated heterocycles. The number of rotatable bonds is 7. The Labute approximate surface area is 131 Å². The lowest BCUT2D eigenvalue weighted by molar-refractivity contribution is -0.136. The summed E-state index contributed by atoms with van der Waals surface area (Å²) in [6.07, 6.45) is 0.427. The summed E-state index contributed by atoms with van der Waals surface area (Å²) in [6, 6.07) is 5.73. The van der Waals surface area contributed by atoms with Gasteiger partial charge in [0.05, 0.1) is 0 Å². The Morgan fingerprint density at radius 1 is 1.18 bits per heavy atom. The third-order valence-electron chi connectivity index (χ3n) is 3.41. The van der Waals surface area contributed by atoms with Gasteiger partial charge in [0.15, 0.2) is 0 Å². The molecule has 0 aliphatic rings. The molecule has 1 aromatic rings. The molecule has 2 amide bonds. The van der Waals surface area contributed by atoms with E-state index in [4.69, 9.17) is 5.11 Å². The summed E-state index contributed by atoms with van der Waals surface area (Å²) in [5.74, 6) is -1.39. The topological polar surface area (TPSA) is 81.7 Å². The minimum atomic E-state index is -0.698. The van der Waals surface area contributed by atoms with Crippen molar-refractivity contribution in [1.82, 2.24) is 5.32 Å². The van der Waals surface area contributed by atoms with E-state index in [9.17, 15) is 9.59 Å². The second kappa shape index (κ2) is 9.04. The van der Waals surface area contributed by atoms with Gasteiger partial charge in [0.1, 0.15) is 0 Å². The molecule has 0 atom stereocenters. The predicted molar refractivity (Wildman–Crippen MR) is 88.1 cm³/mol. The van der Waals surface area contributed by atoms with Crippen LogP contribution in [0.2, 0.25) is 0 Å². The fraction of sp³-hybridized carbons (Fsp3) is 0.500. The molecule has 0 aliphatic heterocycles. The minimum absolute atomic E-state index is 0.0200. The van der Waals surface area contributed by atoms with Crippen molar-refractivity contribution < 1.29 is 14.7 Å². The predicted octanol–water partition coefficient (Wildman–Crippen LogP) is 1.28. The molecule has 6 heteroatoms. The van der Waals surface area contributed by atoms with Crippen molar-refractivity contribution in [3.63, 3.8) is 0 Å². The Morgan fingerprint density at radius 2 is 1.86 bits per heavy atom. The number of benzene rings is 1. The first-order chi connectivity index (χ1) is 10.5. The fourth-order valence-electron chi connectivity index (χ4n) is 2.11. The van der Waals surface area contributed by atoms with Crippen LogP contribution >= 0.6 is 0 Å². The second-order valence-corrected chi connectivity index (χ2v) is 4.96. The van der Waals surface area contributed by atoms with Crippen molar-refractivity contribution in [1.29, 1.82) is 0 Å². The summed E-state index contributed by atoms with van der Waals surface area (Å²) in [5, 5.41) is 13.7. The second-order valence-electron chi connectivity index (χ2n) is 4.96. The minimum Gasteiger partial charge on any atom is -0.396 e. The standard InChI is InChI=1S/C16H25N3O3/c1-4-19(5-2)13-7-8-14(12(3)11-13)18-16(22)15(21)17-9-6-10-20/h7-8,11,20H,4-6,9-10H2,1-3H3,(H,17,21)(H,18,22). The number of carbonyl (C=O) groups excluding carboxylic acids is 2. The molecule has 0 fully saturated rings. The third kappa shape index (κ3) is 5.04. The molecule has 0 bridgehead atoms. The zero-order valence-electron chi connectivity index (χ0n) is 13.5. The number of amides is 2. The van der Waals surface area contributed by atoms with Gasteiger partial charge in [-0.25, -0.2) is 0 Å². The van der Waals surface area contributed by atoms with Gasteiger partial charge in [-0.3, -0.25) is 9.59 Å². The van der Waals surface area contributed by atoms with Crippen LogP contribution < -0.4 is 15.5 Å². The van der Waals surface area contributed by atoms with Crippen molar-refractivity contribution in [2.45, 2.75) is 27.2 Å². The molecule has 0 aromatic heterocycles. The summed E-state index contributed by atoms with van der Waals surface area (Å²) < 4.78 is 0. The zero-order chi connectivity index (χ0) is 16.5. The largest absolute Gasteiger partial charge is 0.396 e. The van der Waals surface area contributed by atoms with Crippen molar-refractivity contribution >= 4 is 23.2 Å². The molecule has 0 radical (unpaired) electrons. The smallest absolute Gasteiger partial charge is 0.313 e. The maximum absolute atomic E-state index is 11.8. The molecule has 3 N–H and O–H groups in total. The van der Waals surface area contributed by atoms with Crippen molar-refractivity contribution in [3.8, 4) is 0 Å². The molecular weight excluding hydrogens is 282 g/mol. The van der Waals surface area contributed by atoms with Gasteiger partial charge in [-0.05, 0) is 51.0 Å². The molecule has 22 heavy (non-hydrogen) atoms. The molecule has 0 saturated carbocycles. The highest BCUT2D eigenvalue weighted by atomic mass is 16.3. The van der Waals surface area contributed by atoms with E-state index in [0.717, 1.165) is 24.3 Å². The van der Waals surface area contributed by atoms with E-state index in [-0.39, 0.29) is 13.2 Å². The van der Waals surface area contributed by atoms with Crippen LogP contribution in [-0.4, -0.2) is 43.2 Å². The van der Waals surface area contributed by atoms with Crippen LogP contribution in [0.3, 0.4) is 0 Å². The molecular formula is C16H25N3O3. The van der Waals surface area contributed by atoms with E-state index >= 15 is 0 Å². The van der Waals surface area contributed by atoms with Gasteiger partial charge in [-0.1, -0.05) is 0 Å². The van der Waals surface area contributed by atoms with Gasteiger partial charge in [-0.15, -0.1) is 0 Å². The SMILES string of the molecule is CCN(CC)c1ccc(NC(=O)C(=O)NCCCO)c(C)c1. The molecule has 6 nitrogen and oxygen atoms in total. The average Bonchev–Trinajstić information content (AvgIpc) is 2.51. The number of anilines is 2. The number of aliphatic hydroxyl groups excluding tert-OH is 1. The first-order valence-electron chi connectivity index (χ1n) is 7.59. The molecule has 0 unspecified atom stereocenters. The Hall–Kier alpha value is -2.08. The van der Waals surface area contributed by atoms with Crippen LogP contribution in [0.25, 0.3) is 0 Å². The van der Waals surface area contributed by atoms with Crippen LogP contribution in [-0.2, 0) is 9.59 Å².